The van der Waals surface area contributed by atoms with E-state index in [0.717, 1.165) is 18.2 Å². The van der Waals surface area contributed by atoms with Crippen LogP contribution in [0, 0.1) is 10.1 Å². The van der Waals surface area contributed by atoms with Gasteiger partial charge in [0.2, 0.25) is 5.82 Å². The van der Waals surface area contributed by atoms with Crippen LogP contribution in [0.3, 0.4) is 0 Å². The lowest BCUT2D eigenvalue weighted by molar-refractivity contribution is -0.384. The van der Waals surface area contributed by atoms with Crippen molar-refractivity contribution in [2.45, 2.75) is 18.6 Å². The summed E-state index contributed by atoms with van der Waals surface area (Å²) >= 11 is 1.85. The van der Waals surface area contributed by atoms with Crippen molar-refractivity contribution < 1.29 is 14.8 Å². The highest BCUT2D eigenvalue weighted by Crippen LogP contribution is 2.31. The minimum Gasteiger partial charge on any atom is -0.478 e. The van der Waals surface area contributed by atoms with Gasteiger partial charge in [0.1, 0.15) is 0 Å². The van der Waals surface area contributed by atoms with Crippen molar-refractivity contribution >= 4 is 29.2 Å². The van der Waals surface area contributed by atoms with Crippen molar-refractivity contribution in [1.82, 2.24) is 4.98 Å². The van der Waals surface area contributed by atoms with Crippen LogP contribution in [0.25, 0.3) is 0 Å². The monoisotopic (exact) mass is 297 g/mol. The van der Waals surface area contributed by atoms with Crippen LogP contribution in [-0.2, 0) is 0 Å². The van der Waals surface area contributed by atoms with E-state index in [1.54, 1.807) is 0 Å². The summed E-state index contributed by atoms with van der Waals surface area (Å²) in [4.78, 5) is 27.3. The maximum Gasteiger partial charge on any atom is 0.337 e. The Bertz CT molecular complexity index is 537. The molecule has 0 saturated carbocycles. The molecule has 1 atom stereocenters. The van der Waals surface area contributed by atoms with Gasteiger partial charge < -0.3 is 10.0 Å². The minimum absolute atomic E-state index is 0.168. The smallest absolute Gasteiger partial charge is 0.337 e. The van der Waals surface area contributed by atoms with Gasteiger partial charge in [-0.1, -0.05) is 6.92 Å². The number of rotatable bonds is 4. The van der Waals surface area contributed by atoms with Crippen molar-refractivity contribution in [2.24, 2.45) is 0 Å². The highest BCUT2D eigenvalue weighted by molar-refractivity contribution is 8.00. The second kappa shape index (κ2) is 6.08. The molecule has 0 bridgehead atoms. The van der Waals surface area contributed by atoms with Gasteiger partial charge in [0.25, 0.3) is 0 Å². The zero-order valence-electron chi connectivity index (χ0n) is 11.0. The number of carboxylic acid groups (broad SMARTS) is 1. The zero-order valence-corrected chi connectivity index (χ0v) is 11.8. The Morgan fingerprint density at radius 2 is 2.45 bits per heavy atom. The number of carboxylic acids is 1. The Kier molecular flexibility index (Phi) is 4.43. The van der Waals surface area contributed by atoms with Crippen molar-refractivity contribution in [1.29, 1.82) is 0 Å². The molecule has 7 nitrogen and oxygen atoms in total. The average Bonchev–Trinajstić information content (AvgIpc) is 2.46. The summed E-state index contributed by atoms with van der Waals surface area (Å²) in [5.41, 5.74) is -0.412. The van der Waals surface area contributed by atoms with Crippen LogP contribution in [-0.4, -0.2) is 45.1 Å². The summed E-state index contributed by atoms with van der Waals surface area (Å²) in [7, 11) is 0. The second-order valence-electron chi connectivity index (χ2n) is 4.48. The first-order valence-corrected chi connectivity index (χ1v) is 7.32. The lowest BCUT2D eigenvalue weighted by Crippen LogP contribution is -2.38. The van der Waals surface area contributed by atoms with E-state index >= 15 is 0 Å². The SMILES string of the molecule is CCC1CN(c2ncc(C(=O)O)cc2[N+](=O)[O-])CCS1. The first-order valence-electron chi connectivity index (χ1n) is 6.27. The van der Waals surface area contributed by atoms with Crippen LogP contribution in [0.5, 0.6) is 0 Å². The van der Waals surface area contributed by atoms with E-state index in [0.29, 0.717) is 18.3 Å². The van der Waals surface area contributed by atoms with E-state index in [-0.39, 0.29) is 17.1 Å². The molecule has 1 saturated heterocycles. The van der Waals surface area contributed by atoms with E-state index < -0.39 is 10.9 Å². The van der Waals surface area contributed by atoms with Gasteiger partial charge in [-0.05, 0) is 6.42 Å². The number of carbonyl (C=O) groups is 1. The Balaban J connectivity index is 2.35. The fourth-order valence-corrected chi connectivity index (χ4v) is 3.28. The molecule has 0 aromatic carbocycles. The Morgan fingerprint density at radius 1 is 1.70 bits per heavy atom. The fourth-order valence-electron chi connectivity index (χ4n) is 2.10. The molecular formula is C12H15N3O4S. The second-order valence-corrected chi connectivity index (χ2v) is 5.88. The molecule has 1 aliphatic rings. The first kappa shape index (κ1) is 14.6. The van der Waals surface area contributed by atoms with Crippen LogP contribution in [0.2, 0.25) is 0 Å². The lowest BCUT2D eigenvalue weighted by atomic mass is 10.2. The maximum absolute atomic E-state index is 11.1. The van der Waals surface area contributed by atoms with Gasteiger partial charge in [0.05, 0.1) is 10.5 Å². The van der Waals surface area contributed by atoms with E-state index in [4.69, 9.17) is 5.11 Å². The Hall–Kier alpha value is -1.83. The normalized spacial score (nSPS) is 18.9. The molecule has 108 valence electrons. The van der Waals surface area contributed by atoms with E-state index in [1.165, 1.54) is 6.20 Å². The maximum atomic E-state index is 11.1. The number of hydrogen-bond donors (Lipinski definition) is 1. The van der Waals surface area contributed by atoms with Crippen LogP contribution in [0.4, 0.5) is 11.5 Å². The highest BCUT2D eigenvalue weighted by atomic mass is 32.2. The molecule has 1 unspecified atom stereocenters. The lowest BCUT2D eigenvalue weighted by Gasteiger charge is -2.32. The van der Waals surface area contributed by atoms with Crippen molar-refractivity contribution in [3.8, 4) is 0 Å². The third-order valence-corrected chi connectivity index (χ3v) is 4.56. The van der Waals surface area contributed by atoms with E-state index in [1.807, 2.05) is 16.7 Å². The van der Waals surface area contributed by atoms with Gasteiger partial charge in [-0.25, -0.2) is 9.78 Å². The zero-order chi connectivity index (χ0) is 14.7. The number of aromatic carboxylic acids is 1. The predicted molar refractivity (Wildman–Crippen MR) is 76.6 cm³/mol. The summed E-state index contributed by atoms with van der Waals surface area (Å²) in [5.74, 6) is -0.0654. The van der Waals surface area contributed by atoms with Crippen LogP contribution >= 0.6 is 11.8 Å². The largest absolute Gasteiger partial charge is 0.478 e. The number of anilines is 1. The summed E-state index contributed by atoms with van der Waals surface area (Å²) in [6, 6.07) is 1.08. The molecule has 0 aliphatic carbocycles. The van der Waals surface area contributed by atoms with Gasteiger partial charge in [-0.2, -0.15) is 11.8 Å². The fraction of sp³-hybridized carbons (Fsp3) is 0.500. The van der Waals surface area contributed by atoms with E-state index in [9.17, 15) is 14.9 Å². The molecule has 0 radical (unpaired) electrons. The molecule has 1 aromatic heterocycles. The number of hydrogen-bond acceptors (Lipinski definition) is 6. The standard InChI is InChI=1S/C12H15N3O4S/c1-2-9-7-14(3-4-20-9)11-10(15(18)19)5-8(6-13-11)12(16)17/h5-6,9H,2-4,7H2,1H3,(H,16,17). The number of aromatic nitrogens is 1. The third kappa shape index (κ3) is 3.01. The Morgan fingerprint density at radius 3 is 3.05 bits per heavy atom. The summed E-state index contributed by atoms with van der Waals surface area (Å²) in [5, 5.41) is 20.4. The molecule has 1 fully saturated rings. The molecule has 2 rings (SSSR count). The number of thioether (sulfide) groups is 1. The van der Waals surface area contributed by atoms with Gasteiger partial charge in [-0.3, -0.25) is 10.1 Å². The van der Waals surface area contributed by atoms with Crippen LogP contribution in [0.1, 0.15) is 23.7 Å². The molecule has 1 N–H and O–H groups in total. The molecule has 8 heteroatoms. The molecule has 1 aliphatic heterocycles. The summed E-state index contributed by atoms with van der Waals surface area (Å²) < 4.78 is 0. The minimum atomic E-state index is -1.22. The van der Waals surface area contributed by atoms with Gasteiger partial charge >= 0.3 is 11.7 Å². The highest BCUT2D eigenvalue weighted by Gasteiger charge is 2.27. The molecular weight excluding hydrogens is 282 g/mol. The molecule has 0 amide bonds. The van der Waals surface area contributed by atoms with Crippen molar-refractivity contribution in [3.63, 3.8) is 0 Å². The van der Waals surface area contributed by atoms with Gasteiger partial charge in [0, 0.05) is 36.4 Å². The van der Waals surface area contributed by atoms with Crippen molar-refractivity contribution in [3.05, 3.63) is 27.9 Å². The average molecular weight is 297 g/mol. The van der Waals surface area contributed by atoms with Crippen LogP contribution in [0.15, 0.2) is 12.3 Å². The van der Waals surface area contributed by atoms with Crippen LogP contribution < -0.4 is 4.90 Å². The molecule has 2 heterocycles. The molecule has 1 aromatic rings. The predicted octanol–water partition coefficient (Wildman–Crippen LogP) is 2.02. The van der Waals surface area contributed by atoms with Gasteiger partial charge in [0.15, 0.2) is 0 Å². The van der Waals surface area contributed by atoms with Crippen molar-refractivity contribution in [2.75, 3.05) is 23.7 Å². The quantitative estimate of drug-likeness (QED) is 0.670. The summed E-state index contributed by atoms with van der Waals surface area (Å²) in [6.07, 6.45) is 2.16. The number of nitro groups is 1. The third-order valence-electron chi connectivity index (χ3n) is 3.18. The summed E-state index contributed by atoms with van der Waals surface area (Å²) in [6.45, 7) is 3.46. The molecule has 0 spiro atoms. The topological polar surface area (TPSA) is 96.6 Å². The first-order chi connectivity index (χ1) is 9.52. The number of nitrogens with zero attached hydrogens (tertiary/aromatic N) is 3. The number of pyridine rings is 1. The van der Waals surface area contributed by atoms with E-state index in [2.05, 4.69) is 11.9 Å². The molecule has 20 heavy (non-hydrogen) atoms. The van der Waals surface area contributed by atoms with Gasteiger partial charge in [-0.15, -0.1) is 0 Å². The Labute approximate surface area is 120 Å².